The van der Waals surface area contributed by atoms with Crippen molar-refractivity contribution in [2.75, 3.05) is 0 Å². The summed E-state index contributed by atoms with van der Waals surface area (Å²) < 4.78 is 2.10. The molecule has 0 aliphatic heterocycles. The monoisotopic (exact) mass is 464 g/mol. The Hall–Kier alpha value is -4.20. The Balaban J connectivity index is 1.37. The zero-order valence-corrected chi connectivity index (χ0v) is 19.8. The van der Waals surface area contributed by atoms with Crippen LogP contribution in [0.25, 0.3) is 22.5 Å². The van der Waals surface area contributed by atoms with Crippen LogP contribution in [-0.2, 0) is 19.4 Å². The number of tetrazole rings is 1. The largest absolute Gasteiger partial charge is 0.264 e. The van der Waals surface area contributed by atoms with Gasteiger partial charge in [-0.2, -0.15) is 5.10 Å². The van der Waals surface area contributed by atoms with E-state index in [2.05, 4.69) is 85.7 Å². The summed E-state index contributed by atoms with van der Waals surface area (Å²) in [6, 6.07) is 20.9. The van der Waals surface area contributed by atoms with Crippen molar-refractivity contribution in [2.45, 2.75) is 45.6 Å². The molecule has 0 radical (unpaired) electrons. The van der Waals surface area contributed by atoms with E-state index in [9.17, 15) is 0 Å². The number of hydrogen-bond donors (Lipinski definition) is 1. The van der Waals surface area contributed by atoms with E-state index in [1.807, 2.05) is 12.1 Å². The minimum Gasteiger partial charge on any atom is -0.264 e. The number of aryl methyl sites for hydroxylation is 1. The van der Waals surface area contributed by atoms with Crippen LogP contribution >= 0.6 is 0 Å². The molecule has 8 nitrogen and oxygen atoms in total. The number of pyridine rings is 1. The van der Waals surface area contributed by atoms with Crippen LogP contribution in [0.5, 0.6) is 0 Å². The molecule has 0 fully saturated rings. The fourth-order valence-electron chi connectivity index (χ4n) is 4.19. The molecule has 1 N–H and O–H groups in total. The summed E-state index contributed by atoms with van der Waals surface area (Å²) in [6.45, 7) is 3.12. The molecule has 3 heterocycles. The van der Waals surface area contributed by atoms with Gasteiger partial charge in [0.15, 0.2) is 11.6 Å². The number of unbranched alkanes of at least 4 members (excludes halogenated alkanes) is 2. The minimum absolute atomic E-state index is 0.600. The Labute approximate surface area is 204 Å². The molecule has 8 heteroatoms. The first-order chi connectivity index (χ1) is 17.3. The lowest BCUT2D eigenvalue weighted by atomic mass is 9.99. The molecule has 5 aromatic rings. The van der Waals surface area contributed by atoms with Gasteiger partial charge in [-0.3, -0.25) is 4.98 Å². The van der Waals surface area contributed by atoms with Crippen molar-refractivity contribution in [1.29, 1.82) is 0 Å². The molecule has 3 aromatic heterocycles. The topological polar surface area (TPSA) is 98.1 Å². The van der Waals surface area contributed by atoms with Gasteiger partial charge in [0.25, 0.3) is 0 Å². The molecule has 35 heavy (non-hydrogen) atoms. The zero-order valence-electron chi connectivity index (χ0n) is 19.8. The number of aromatic nitrogens is 8. The van der Waals surface area contributed by atoms with Crippen LogP contribution in [0.3, 0.4) is 0 Å². The Morgan fingerprint density at radius 2 is 1.69 bits per heavy atom. The summed E-state index contributed by atoms with van der Waals surface area (Å²) >= 11 is 0. The number of nitrogens with zero attached hydrogens (tertiary/aromatic N) is 7. The molecule has 0 atom stereocenters. The Bertz CT molecular complexity index is 1340. The van der Waals surface area contributed by atoms with Crippen molar-refractivity contribution in [3.05, 3.63) is 95.8 Å². The number of nitrogens with one attached hydrogen (secondary N) is 1. The fraction of sp³-hybridized carbons (Fsp3) is 0.259. The van der Waals surface area contributed by atoms with Crippen molar-refractivity contribution in [3.63, 3.8) is 0 Å². The van der Waals surface area contributed by atoms with Gasteiger partial charge in [-0.25, -0.2) is 14.8 Å². The summed E-state index contributed by atoms with van der Waals surface area (Å²) in [6.07, 6.45) is 8.53. The predicted molar refractivity (Wildman–Crippen MR) is 134 cm³/mol. The van der Waals surface area contributed by atoms with Gasteiger partial charge in [0.1, 0.15) is 5.82 Å². The summed E-state index contributed by atoms with van der Waals surface area (Å²) in [7, 11) is 0. The third-order valence-electron chi connectivity index (χ3n) is 6.02. The highest BCUT2D eigenvalue weighted by atomic mass is 15.5. The SMILES string of the molecule is CCCCCn1nc(Cc2ccccc2)nc1Cc1ccc(-c2ccncc2-c2nnn[nH]2)cc1. The molecule has 5 rings (SSSR count). The van der Waals surface area contributed by atoms with Crippen molar-refractivity contribution < 1.29 is 0 Å². The number of H-pyrrole nitrogens is 1. The van der Waals surface area contributed by atoms with E-state index in [4.69, 9.17) is 10.1 Å². The van der Waals surface area contributed by atoms with Crippen LogP contribution in [-0.4, -0.2) is 40.4 Å². The molecule has 2 aromatic carbocycles. The summed E-state index contributed by atoms with van der Waals surface area (Å²) in [5, 5.41) is 19.1. The zero-order chi connectivity index (χ0) is 23.9. The summed E-state index contributed by atoms with van der Waals surface area (Å²) in [5.41, 5.74) is 5.39. The molecular formula is C27H28N8. The Kier molecular flexibility index (Phi) is 6.98. The number of benzene rings is 2. The molecule has 0 amide bonds. The maximum absolute atomic E-state index is 4.93. The van der Waals surface area contributed by atoms with Gasteiger partial charge in [-0.05, 0) is 45.2 Å². The maximum atomic E-state index is 4.93. The van der Waals surface area contributed by atoms with E-state index >= 15 is 0 Å². The van der Waals surface area contributed by atoms with Gasteiger partial charge in [0.05, 0.1) is 0 Å². The second-order valence-electron chi connectivity index (χ2n) is 8.58. The summed E-state index contributed by atoms with van der Waals surface area (Å²) in [4.78, 5) is 9.16. The molecule has 0 saturated heterocycles. The van der Waals surface area contributed by atoms with Crippen LogP contribution in [0, 0.1) is 0 Å². The molecule has 176 valence electrons. The lowest BCUT2D eigenvalue weighted by molar-refractivity contribution is 0.532. The normalized spacial score (nSPS) is 11.1. The number of aromatic amines is 1. The van der Waals surface area contributed by atoms with E-state index < -0.39 is 0 Å². The van der Waals surface area contributed by atoms with Crippen LogP contribution < -0.4 is 0 Å². The first-order valence-electron chi connectivity index (χ1n) is 12.0. The van der Waals surface area contributed by atoms with Crippen molar-refractivity contribution in [3.8, 4) is 22.5 Å². The molecular weight excluding hydrogens is 436 g/mol. The van der Waals surface area contributed by atoms with Crippen LogP contribution in [0.2, 0.25) is 0 Å². The Morgan fingerprint density at radius 3 is 2.46 bits per heavy atom. The molecule has 0 aliphatic carbocycles. The first-order valence-corrected chi connectivity index (χ1v) is 12.0. The van der Waals surface area contributed by atoms with Gasteiger partial charge in [0.2, 0.25) is 0 Å². The molecule has 0 unspecified atom stereocenters. The van der Waals surface area contributed by atoms with Gasteiger partial charge in [0, 0.05) is 37.3 Å². The average Bonchev–Trinajstić information content (AvgIpc) is 3.56. The molecule has 0 aliphatic rings. The van der Waals surface area contributed by atoms with Crippen LogP contribution in [0.4, 0.5) is 0 Å². The van der Waals surface area contributed by atoms with E-state index in [1.54, 1.807) is 12.4 Å². The predicted octanol–water partition coefficient (Wildman–Crippen LogP) is 4.89. The lowest BCUT2D eigenvalue weighted by Gasteiger charge is -2.09. The molecule has 0 bridgehead atoms. The Morgan fingerprint density at radius 1 is 0.857 bits per heavy atom. The van der Waals surface area contributed by atoms with Crippen molar-refractivity contribution in [1.82, 2.24) is 40.4 Å². The first kappa shape index (κ1) is 22.6. The highest BCUT2D eigenvalue weighted by Crippen LogP contribution is 2.29. The van der Waals surface area contributed by atoms with E-state index in [-0.39, 0.29) is 0 Å². The van der Waals surface area contributed by atoms with Gasteiger partial charge in [-0.1, -0.05) is 74.4 Å². The quantitative estimate of drug-likeness (QED) is 0.296. The summed E-state index contributed by atoms with van der Waals surface area (Å²) in [5.74, 6) is 2.49. The molecule has 0 saturated carbocycles. The third-order valence-corrected chi connectivity index (χ3v) is 6.02. The second kappa shape index (κ2) is 10.8. The fourth-order valence-corrected chi connectivity index (χ4v) is 4.19. The maximum Gasteiger partial charge on any atom is 0.181 e. The highest BCUT2D eigenvalue weighted by molar-refractivity contribution is 5.79. The van der Waals surface area contributed by atoms with Gasteiger partial charge < -0.3 is 0 Å². The second-order valence-corrected chi connectivity index (χ2v) is 8.58. The number of rotatable bonds is 10. The minimum atomic E-state index is 0.600. The van der Waals surface area contributed by atoms with E-state index in [0.717, 1.165) is 54.1 Å². The lowest BCUT2D eigenvalue weighted by Crippen LogP contribution is -2.07. The van der Waals surface area contributed by atoms with E-state index in [1.165, 1.54) is 24.0 Å². The average molecular weight is 465 g/mol. The van der Waals surface area contributed by atoms with Crippen LogP contribution in [0.1, 0.15) is 49.0 Å². The standard InChI is InChI=1S/C27H28N8/c1-2-3-7-16-35-26(29-25(32-35)17-20-8-5-4-6-9-20)18-21-10-12-22(13-11-21)23-14-15-28-19-24(23)27-30-33-34-31-27/h4-6,8-15,19H,2-3,7,16-18H2,1H3,(H,30,31,33,34). The molecule has 0 spiro atoms. The van der Waals surface area contributed by atoms with Gasteiger partial charge >= 0.3 is 0 Å². The van der Waals surface area contributed by atoms with Crippen LogP contribution in [0.15, 0.2) is 73.1 Å². The third kappa shape index (κ3) is 5.48. The van der Waals surface area contributed by atoms with Crippen molar-refractivity contribution in [2.24, 2.45) is 0 Å². The van der Waals surface area contributed by atoms with Gasteiger partial charge in [-0.15, -0.1) is 5.10 Å². The van der Waals surface area contributed by atoms with Crippen molar-refractivity contribution >= 4 is 0 Å². The smallest absolute Gasteiger partial charge is 0.181 e. The highest BCUT2D eigenvalue weighted by Gasteiger charge is 2.13. The number of hydrogen-bond acceptors (Lipinski definition) is 6. The van der Waals surface area contributed by atoms with E-state index in [0.29, 0.717) is 5.82 Å².